The number of methoxy groups -OCH3 is 1. The van der Waals surface area contributed by atoms with E-state index in [0.717, 1.165) is 42.9 Å². The predicted octanol–water partition coefficient (Wildman–Crippen LogP) is 5.88. The number of aryl methyl sites for hydroxylation is 1. The van der Waals surface area contributed by atoms with Gasteiger partial charge < -0.3 is 24.6 Å². The first-order chi connectivity index (χ1) is 23.3. The Labute approximate surface area is 281 Å². The topological polar surface area (TPSA) is 104 Å². The summed E-state index contributed by atoms with van der Waals surface area (Å²) in [5.74, 6) is 0.253. The molecule has 0 saturated carbocycles. The van der Waals surface area contributed by atoms with E-state index >= 15 is 0 Å². The molecule has 48 heavy (non-hydrogen) atoms. The van der Waals surface area contributed by atoms with Crippen molar-refractivity contribution in [2.75, 3.05) is 64.2 Å². The first-order valence-corrected chi connectivity index (χ1v) is 15.9. The van der Waals surface area contributed by atoms with Gasteiger partial charge in [-0.2, -0.15) is 4.99 Å². The standard InChI is InChI=1S/C38H41N5O5/c1-27-13-15-28(16-14-27)30-9-5-6-10-31(30)37(45)40-29-17-18-32(35(25-29)47-4)38(46)42(3)33-11-7-8-12-34(33)48-24-19-36(39-26-44)43-22-20-41(2)21-23-43/h5-18,25,36H,19-24H2,1-4H3,(H,40,45). The van der Waals surface area contributed by atoms with Crippen LogP contribution in [-0.4, -0.2) is 87.9 Å². The monoisotopic (exact) mass is 647 g/mol. The summed E-state index contributed by atoms with van der Waals surface area (Å²) in [4.78, 5) is 48.3. The van der Waals surface area contributed by atoms with E-state index in [-0.39, 0.29) is 18.0 Å². The molecule has 248 valence electrons. The Kier molecular flexibility index (Phi) is 11.4. The second-order valence-corrected chi connectivity index (χ2v) is 11.8. The van der Waals surface area contributed by atoms with Gasteiger partial charge in [0.15, 0.2) is 0 Å². The maximum atomic E-state index is 13.8. The number of para-hydroxylation sites is 2. The Balaban J connectivity index is 1.28. The van der Waals surface area contributed by atoms with Gasteiger partial charge in [0, 0.05) is 57.0 Å². The molecule has 1 aliphatic rings. The van der Waals surface area contributed by atoms with Crippen molar-refractivity contribution in [3.8, 4) is 22.6 Å². The molecule has 0 aromatic heterocycles. The van der Waals surface area contributed by atoms with Crippen LogP contribution in [-0.2, 0) is 4.79 Å². The summed E-state index contributed by atoms with van der Waals surface area (Å²) in [6.07, 6.45) is 1.89. The number of benzene rings is 4. The van der Waals surface area contributed by atoms with Gasteiger partial charge in [-0.05, 0) is 55.4 Å². The number of aliphatic imine (C=N–C) groups is 1. The van der Waals surface area contributed by atoms with Crippen LogP contribution in [0.1, 0.15) is 32.7 Å². The molecule has 1 saturated heterocycles. The maximum absolute atomic E-state index is 13.8. The number of carbonyl (C=O) groups is 2. The van der Waals surface area contributed by atoms with Crippen molar-refractivity contribution in [2.24, 2.45) is 4.99 Å². The molecule has 10 nitrogen and oxygen atoms in total. The maximum Gasteiger partial charge on any atom is 0.261 e. The minimum absolute atomic E-state index is 0.274. The zero-order valence-corrected chi connectivity index (χ0v) is 27.8. The number of anilines is 2. The third-order valence-corrected chi connectivity index (χ3v) is 8.55. The van der Waals surface area contributed by atoms with Gasteiger partial charge in [0.25, 0.3) is 11.8 Å². The van der Waals surface area contributed by atoms with E-state index in [1.54, 1.807) is 49.5 Å². The Bertz CT molecular complexity index is 1780. The Morgan fingerprint density at radius 3 is 2.35 bits per heavy atom. The van der Waals surface area contributed by atoms with Crippen LogP contribution in [0.25, 0.3) is 11.1 Å². The lowest BCUT2D eigenvalue weighted by Gasteiger charge is -2.35. The van der Waals surface area contributed by atoms with E-state index in [2.05, 4.69) is 27.2 Å². The second-order valence-electron chi connectivity index (χ2n) is 11.8. The molecule has 0 aliphatic carbocycles. The number of hydrogen-bond acceptors (Lipinski definition) is 8. The molecule has 1 unspecified atom stereocenters. The SMILES string of the molecule is COc1cc(NC(=O)c2ccccc2-c2ccc(C)cc2)ccc1C(=O)N(C)c1ccccc1OCCC(N=C=O)N1CCN(C)CC1. The van der Waals surface area contributed by atoms with Gasteiger partial charge >= 0.3 is 0 Å². The van der Waals surface area contributed by atoms with E-state index in [9.17, 15) is 14.4 Å². The van der Waals surface area contributed by atoms with Crippen LogP contribution >= 0.6 is 0 Å². The molecule has 0 spiro atoms. The van der Waals surface area contributed by atoms with Crippen LogP contribution < -0.4 is 19.7 Å². The molecular weight excluding hydrogens is 606 g/mol. The van der Waals surface area contributed by atoms with E-state index in [1.807, 2.05) is 61.5 Å². The number of carbonyl (C=O) groups excluding carboxylic acids is 3. The van der Waals surface area contributed by atoms with Crippen molar-refractivity contribution in [1.82, 2.24) is 9.80 Å². The van der Waals surface area contributed by atoms with Crippen molar-refractivity contribution in [2.45, 2.75) is 19.5 Å². The highest BCUT2D eigenvalue weighted by atomic mass is 16.5. The van der Waals surface area contributed by atoms with Crippen LogP contribution in [0.5, 0.6) is 11.5 Å². The lowest BCUT2D eigenvalue weighted by molar-refractivity contribution is 0.0983. The zero-order valence-electron chi connectivity index (χ0n) is 27.8. The van der Waals surface area contributed by atoms with Gasteiger partial charge in [-0.3, -0.25) is 14.5 Å². The smallest absolute Gasteiger partial charge is 0.261 e. The highest BCUT2D eigenvalue weighted by Crippen LogP contribution is 2.32. The van der Waals surface area contributed by atoms with Crippen LogP contribution in [0.2, 0.25) is 0 Å². The molecule has 1 aliphatic heterocycles. The number of hydrogen-bond donors (Lipinski definition) is 1. The fraction of sp³-hybridized carbons (Fsp3) is 0.289. The number of ether oxygens (including phenoxy) is 2. The van der Waals surface area contributed by atoms with Crippen molar-refractivity contribution in [3.63, 3.8) is 0 Å². The molecule has 1 fully saturated rings. The number of likely N-dealkylation sites (N-methyl/N-ethyl adjacent to an activating group) is 1. The molecule has 10 heteroatoms. The second kappa shape index (κ2) is 16.0. The molecule has 4 aromatic carbocycles. The molecule has 5 rings (SSSR count). The summed E-state index contributed by atoms with van der Waals surface area (Å²) in [5, 5.41) is 2.96. The molecule has 2 amide bonds. The van der Waals surface area contributed by atoms with E-state index < -0.39 is 0 Å². The number of piperazine rings is 1. The summed E-state index contributed by atoms with van der Waals surface area (Å²) in [6, 6.07) is 27.7. The van der Waals surface area contributed by atoms with E-state index in [4.69, 9.17) is 9.47 Å². The van der Waals surface area contributed by atoms with Crippen LogP contribution in [0.3, 0.4) is 0 Å². The molecular formula is C38H41N5O5. The number of isocyanates is 1. The van der Waals surface area contributed by atoms with Crippen LogP contribution in [0.15, 0.2) is 96.0 Å². The summed E-state index contributed by atoms with van der Waals surface area (Å²) in [7, 11) is 5.23. The number of nitrogens with zero attached hydrogens (tertiary/aromatic N) is 4. The summed E-state index contributed by atoms with van der Waals surface area (Å²) in [5.41, 5.74) is 4.83. The largest absolute Gasteiger partial charge is 0.496 e. The summed E-state index contributed by atoms with van der Waals surface area (Å²) < 4.78 is 11.8. The van der Waals surface area contributed by atoms with Crippen molar-refractivity contribution < 1.29 is 23.9 Å². The van der Waals surface area contributed by atoms with Gasteiger partial charge in [-0.25, -0.2) is 4.79 Å². The Hall–Kier alpha value is -5.28. The van der Waals surface area contributed by atoms with E-state index in [0.29, 0.717) is 47.0 Å². The molecule has 0 bridgehead atoms. The molecule has 1 heterocycles. The summed E-state index contributed by atoms with van der Waals surface area (Å²) in [6.45, 7) is 5.75. The third-order valence-electron chi connectivity index (χ3n) is 8.55. The molecule has 4 aromatic rings. The molecule has 1 N–H and O–H groups in total. The number of amides is 2. The number of rotatable bonds is 12. The highest BCUT2D eigenvalue weighted by molar-refractivity contribution is 6.10. The third kappa shape index (κ3) is 8.16. The summed E-state index contributed by atoms with van der Waals surface area (Å²) >= 11 is 0. The Morgan fingerprint density at radius 2 is 1.62 bits per heavy atom. The van der Waals surface area contributed by atoms with Crippen molar-refractivity contribution >= 4 is 29.3 Å². The van der Waals surface area contributed by atoms with Crippen molar-refractivity contribution in [1.29, 1.82) is 0 Å². The predicted molar refractivity (Wildman–Crippen MR) is 188 cm³/mol. The van der Waals surface area contributed by atoms with Gasteiger partial charge in [0.05, 0.1) is 25.0 Å². The lowest BCUT2D eigenvalue weighted by atomic mass is 9.98. The fourth-order valence-electron chi connectivity index (χ4n) is 5.74. The zero-order chi connectivity index (χ0) is 34.0. The lowest BCUT2D eigenvalue weighted by Crippen LogP contribution is -2.48. The van der Waals surface area contributed by atoms with Crippen LogP contribution in [0, 0.1) is 6.92 Å². The highest BCUT2D eigenvalue weighted by Gasteiger charge is 2.24. The van der Waals surface area contributed by atoms with Crippen molar-refractivity contribution in [3.05, 3.63) is 108 Å². The average molecular weight is 648 g/mol. The minimum Gasteiger partial charge on any atom is -0.496 e. The Morgan fingerprint density at radius 1 is 0.917 bits per heavy atom. The van der Waals surface area contributed by atoms with Gasteiger partial charge in [-0.15, -0.1) is 0 Å². The quantitative estimate of drug-likeness (QED) is 0.151. The fourth-order valence-corrected chi connectivity index (χ4v) is 5.74. The van der Waals surface area contributed by atoms with E-state index in [1.165, 1.54) is 12.0 Å². The van der Waals surface area contributed by atoms with Gasteiger partial charge in [0.2, 0.25) is 6.08 Å². The first kappa shape index (κ1) is 34.1. The minimum atomic E-state index is -0.318. The van der Waals surface area contributed by atoms with Gasteiger partial charge in [-0.1, -0.05) is 60.2 Å². The normalized spacial score (nSPS) is 14.0. The van der Waals surface area contributed by atoms with Gasteiger partial charge in [0.1, 0.15) is 17.7 Å². The molecule has 0 radical (unpaired) electrons. The number of nitrogens with one attached hydrogen (secondary N) is 1. The molecule has 1 atom stereocenters. The van der Waals surface area contributed by atoms with Crippen LogP contribution in [0.4, 0.5) is 11.4 Å². The average Bonchev–Trinajstić information content (AvgIpc) is 3.11. The first-order valence-electron chi connectivity index (χ1n) is 15.9.